The molecule has 0 aliphatic heterocycles. The molecule has 0 aromatic heterocycles. The molecule has 1 saturated carbocycles. The third-order valence-electron chi connectivity index (χ3n) is 2.72. The summed E-state index contributed by atoms with van der Waals surface area (Å²) in [6, 6.07) is 0. The normalized spacial score (nSPS) is 32.2. The van der Waals surface area contributed by atoms with Gasteiger partial charge in [-0.05, 0) is 17.8 Å². The van der Waals surface area contributed by atoms with Gasteiger partial charge < -0.3 is 5.11 Å². The molecule has 0 amide bonds. The fourth-order valence-electron chi connectivity index (χ4n) is 1.78. The van der Waals surface area contributed by atoms with Crippen LogP contribution in [0.2, 0.25) is 0 Å². The number of carbonyl (C=O) groups is 1. The molecular formula is C10H18O2. The van der Waals surface area contributed by atoms with Crippen LogP contribution in [0.4, 0.5) is 0 Å². The van der Waals surface area contributed by atoms with Gasteiger partial charge in [-0.1, -0.05) is 20.8 Å². The number of carbonyl (C=O) groups excluding carboxylic acids is 1. The van der Waals surface area contributed by atoms with E-state index in [0.29, 0.717) is 18.8 Å². The van der Waals surface area contributed by atoms with E-state index < -0.39 is 6.10 Å². The van der Waals surface area contributed by atoms with E-state index in [4.69, 9.17) is 0 Å². The molecule has 0 aromatic carbocycles. The Bertz CT molecular complexity index is 179. The molecule has 1 aliphatic rings. The zero-order chi connectivity index (χ0) is 9.35. The van der Waals surface area contributed by atoms with Gasteiger partial charge in [0, 0.05) is 12.8 Å². The van der Waals surface area contributed by atoms with Gasteiger partial charge in [0.15, 0.2) is 0 Å². The number of hydrogen-bond acceptors (Lipinski definition) is 2. The van der Waals surface area contributed by atoms with Crippen molar-refractivity contribution in [3.05, 3.63) is 0 Å². The Kier molecular flexibility index (Phi) is 2.57. The van der Waals surface area contributed by atoms with Crippen molar-refractivity contribution < 1.29 is 9.90 Å². The molecule has 1 fully saturated rings. The summed E-state index contributed by atoms with van der Waals surface area (Å²) in [5.41, 5.74) is 0.150. The van der Waals surface area contributed by atoms with Crippen molar-refractivity contribution in [1.82, 2.24) is 0 Å². The molecule has 2 nitrogen and oxygen atoms in total. The number of rotatable bonds is 0. The van der Waals surface area contributed by atoms with Crippen LogP contribution in [0.3, 0.4) is 0 Å². The predicted molar refractivity (Wildman–Crippen MR) is 47.8 cm³/mol. The minimum Gasteiger partial charge on any atom is -0.393 e. The van der Waals surface area contributed by atoms with Crippen molar-refractivity contribution in [2.45, 2.75) is 46.1 Å². The Labute approximate surface area is 74.0 Å². The first-order valence-electron chi connectivity index (χ1n) is 4.59. The molecule has 1 N–H and O–H groups in total. The molecule has 0 heterocycles. The highest BCUT2D eigenvalue weighted by Crippen LogP contribution is 2.36. The highest BCUT2D eigenvalue weighted by Gasteiger charge is 2.33. The molecule has 0 aromatic rings. The van der Waals surface area contributed by atoms with E-state index in [-0.39, 0.29) is 11.2 Å². The van der Waals surface area contributed by atoms with Crippen LogP contribution in [0.1, 0.15) is 40.0 Å². The molecule has 70 valence electrons. The Morgan fingerprint density at radius 3 is 2.33 bits per heavy atom. The van der Waals surface area contributed by atoms with Crippen LogP contribution in [0.15, 0.2) is 0 Å². The standard InChI is InChI=1S/C10H18O2/c1-10(2,3)7-4-8(11)6-9(12)5-7/h7-8,11H,4-6H2,1-3H3/t7-,8-/m0/s1. The second kappa shape index (κ2) is 3.17. The Morgan fingerprint density at radius 1 is 1.33 bits per heavy atom. The first-order chi connectivity index (χ1) is 5.39. The van der Waals surface area contributed by atoms with E-state index in [1.54, 1.807) is 0 Å². The lowest BCUT2D eigenvalue weighted by atomic mass is 9.71. The monoisotopic (exact) mass is 170 g/mol. The summed E-state index contributed by atoms with van der Waals surface area (Å²) in [5, 5.41) is 9.39. The lowest BCUT2D eigenvalue weighted by molar-refractivity contribution is -0.126. The number of aliphatic hydroxyl groups excluding tert-OH is 1. The van der Waals surface area contributed by atoms with Crippen LogP contribution in [-0.4, -0.2) is 17.0 Å². The fourth-order valence-corrected chi connectivity index (χ4v) is 1.78. The second-order valence-electron chi connectivity index (χ2n) is 4.90. The van der Waals surface area contributed by atoms with Crippen molar-refractivity contribution >= 4 is 5.78 Å². The van der Waals surface area contributed by atoms with Crippen LogP contribution < -0.4 is 0 Å². The number of hydrogen-bond donors (Lipinski definition) is 1. The van der Waals surface area contributed by atoms with Gasteiger partial charge >= 0.3 is 0 Å². The minimum absolute atomic E-state index is 0.150. The van der Waals surface area contributed by atoms with Crippen LogP contribution in [0.25, 0.3) is 0 Å². The SMILES string of the molecule is CC(C)(C)[C@@H]1CC(=O)C[C@@H](O)C1. The van der Waals surface area contributed by atoms with Crippen LogP contribution in [0.5, 0.6) is 0 Å². The quantitative estimate of drug-likeness (QED) is 0.601. The average Bonchev–Trinajstić information content (AvgIpc) is 1.82. The van der Waals surface area contributed by atoms with E-state index in [9.17, 15) is 9.90 Å². The van der Waals surface area contributed by atoms with E-state index in [1.165, 1.54) is 0 Å². The molecule has 0 spiro atoms. The molecule has 1 rings (SSSR count). The fraction of sp³-hybridized carbons (Fsp3) is 0.900. The maximum Gasteiger partial charge on any atom is 0.135 e. The molecule has 2 atom stereocenters. The maximum atomic E-state index is 11.2. The minimum atomic E-state index is -0.393. The average molecular weight is 170 g/mol. The number of aliphatic hydroxyl groups is 1. The summed E-state index contributed by atoms with van der Waals surface area (Å²) in [7, 11) is 0. The summed E-state index contributed by atoms with van der Waals surface area (Å²) >= 11 is 0. The lowest BCUT2D eigenvalue weighted by Gasteiger charge is -2.35. The first kappa shape index (κ1) is 9.72. The summed E-state index contributed by atoms with van der Waals surface area (Å²) in [6.45, 7) is 6.38. The zero-order valence-corrected chi connectivity index (χ0v) is 8.13. The molecule has 1 aliphatic carbocycles. The second-order valence-corrected chi connectivity index (χ2v) is 4.90. The maximum absolute atomic E-state index is 11.2. The van der Waals surface area contributed by atoms with Gasteiger partial charge in [-0.15, -0.1) is 0 Å². The van der Waals surface area contributed by atoms with Crippen LogP contribution in [0, 0.1) is 11.3 Å². The van der Waals surface area contributed by atoms with Gasteiger partial charge in [0.25, 0.3) is 0 Å². The van der Waals surface area contributed by atoms with Crippen molar-refractivity contribution in [2.24, 2.45) is 11.3 Å². The van der Waals surface area contributed by atoms with Gasteiger partial charge in [-0.25, -0.2) is 0 Å². The Hall–Kier alpha value is -0.370. The lowest BCUT2D eigenvalue weighted by Crippen LogP contribution is -2.33. The molecule has 0 radical (unpaired) electrons. The highest BCUT2D eigenvalue weighted by atomic mass is 16.3. The van der Waals surface area contributed by atoms with Gasteiger partial charge in [-0.3, -0.25) is 4.79 Å². The summed E-state index contributed by atoms with van der Waals surface area (Å²) < 4.78 is 0. The van der Waals surface area contributed by atoms with Crippen molar-refractivity contribution in [3.63, 3.8) is 0 Å². The molecule has 0 saturated heterocycles. The Balaban J connectivity index is 2.62. The van der Waals surface area contributed by atoms with Crippen molar-refractivity contribution in [2.75, 3.05) is 0 Å². The Morgan fingerprint density at radius 2 is 1.92 bits per heavy atom. The number of ketones is 1. The molecule has 2 heteroatoms. The third kappa shape index (κ3) is 2.31. The third-order valence-corrected chi connectivity index (χ3v) is 2.72. The first-order valence-corrected chi connectivity index (χ1v) is 4.59. The molecule has 12 heavy (non-hydrogen) atoms. The summed E-state index contributed by atoms with van der Waals surface area (Å²) in [4.78, 5) is 11.2. The van der Waals surface area contributed by atoms with E-state index in [1.807, 2.05) is 0 Å². The topological polar surface area (TPSA) is 37.3 Å². The van der Waals surface area contributed by atoms with Crippen molar-refractivity contribution in [3.8, 4) is 0 Å². The van der Waals surface area contributed by atoms with Gasteiger partial charge in [0.05, 0.1) is 6.10 Å². The molecular weight excluding hydrogens is 152 g/mol. The van der Waals surface area contributed by atoms with Gasteiger partial charge in [0.2, 0.25) is 0 Å². The zero-order valence-electron chi connectivity index (χ0n) is 8.13. The van der Waals surface area contributed by atoms with Crippen LogP contribution >= 0.6 is 0 Å². The van der Waals surface area contributed by atoms with Crippen LogP contribution in [-0.2, 0) is 4.79 Å². The largest absolute Gasteiger partial charge is 0.393 e. The van der Waals surface area contributed by atoms with E-state index >= 15 is 0 Å². The predicted octanol–water partition coefficient (Wildman–Crippen LogP) is 1.76. The van der Waals surface area contributed by atoms with Gasteiger partial charge in [-0.2, -0.15) is 0 Å². The molecule has 0 bridgehead atoms. The number of Topliss-reactive ketones (excluding diaryl/α,β-unsaturated/α-hetero) is 1. The highest BCUT2D eigenvalue weighted by molar-refractivity contribution is 5.80. The summed E-state index contributed by atoms with van der Waals surface area (Å²) in [5.74, 6) is 0.572. The summed E-state index contributed by atoms with van der Waals surface area (Å²) in [6.07, 6.45) is 1.41. The van der Waals surface area contributed by atoms with Crippen molar-refractivity contribution in [1.29, 1.82) is 0 Å². The smallest absolute Gasteiger partial charge is 0.135 e. The van der Waals surface area contributed by atoms with E-state index in [0.717, 1.165) is 6.42 Å². The van der Waals surface area contributed by atoms with Gasteiger partial charge in [0.1, 0.15) is 5.78 Å². The molecule has 0 unspecified atom stereocenters. The van der Waals surface area contributed by atoms with E-state index in [2.05, 4.69) is 20.8 Å².